The molecule has 0 aliphatic rings. The Morgan fingerprint density at radius 2 is 2.06 bits per heavy atom. The van der Waals surface area contributed by atoms with Gasteiger partial charge in [0.2, 0.25) is 0 Å². The van der Waals surface area contributed by atoms with Crippen LogP contribution in [0.4, 0.5) is 18.9 Å². The molecular formula is C10H9BrF3NO2. The van der Waals surface area contributed by atoms with Crippen molar-refractivity contribution in [2.45, 2.75) is 24.3 Å². The highest BCUT2D eigenvalue weighted by molar-refractivity contribution is 9.09. The minimum atomic E-state index is -4.71. The fourth-order valence-corrected chi connectivity index (χ4v) is 1.80. The normalized spacial score (nSPS) is 13.5. The third-order valence-electron chi connectivity index (χ3n) is 2.08. The number of halogens is 4. The van der Waals surface area contributed by atoms with Crippen molar-refractivity contribution in [2.75, 3.05) is 0 Å². The maximum atomic E-state index is 12.6. The molecule has 0 aliphatic carbocycles. The van der Waals surface area contributed by atoms with Crippen molar-refractivity contribution in [1.29, 1.82) is 0 Å². The molecule has 0 spiro atoms. The van der Waals surface area contributed by atoms with E-state index in [1.165, 1.54) is 6.07 Å². The fraction of sp³-hybridized carbons (Fsp3) is 0.400. The average Bonchev–Trinajstić information content (AvgIpc) is 2.14. The van der Waals surface area contributed by atoms with Crippen LogP contribution in [0.15, 0.2) is 18.2 Å². The Morgan fingerprint density at radius 1 is 1.47 bits per heavy atom. The van der Waals surface area contributed by atoms with Gasteiger partial charge in [-0.15, -0.1) is 0 Å². The van der Waals surface area contributed by atoms with E-state index in [1.54, 1.807) is 6.92 Å². The molecule has 0 bridgehead atoms. The van der Waals surface area contributed by atoms with Crippen LogP contribution in [0.1, 0.15) is 18.1 Å². The molecule has 0 aromatic heterocycles. The standard InChI is InChI=1S/C10H9BrF3NO2/c1-6(11)4-7-2-3-9(15(16)17)8(5-7)10(12,13)14/h2-3,5-6H,4H2,1H3. The number of rotatable bonds is 3. The van der Waals surface area contributed by atoms with Gasteiger partial charge in [0.1, 0.15) is 5.56 Å². The molecule has 94 valence electrons. The Bertz CT molecular complexity index is 432. The van der Waals surface area contributed by atoms with E-state index in [2.05, 4.69) is 15.9 Å². The summed E-state index contributed by atoms with van der Waals surface area (Å²) in [5.41, 5.74) is -1.70. The largest absolute Gasteiger partial charge is 0.423 e. The van der Waals surface area contributed by atoms with Crippen LogP contribution in [0, 0.1) is 10.1 Å². The van der Waals surface area contributed by atoms with Gasteiger partial charge >= 0.3 is 6.18 Å². The number of nitro groups is 1. The van der Waals surface area contributed by atoms with Crippen molar-refractivity contribution < 1.29 is 18.1 Å². The van der Waals surface area contributed by atoms with E-state index in [0.717, 1.165) is 12.1 Å². The summed E-state index contributed by atoms with van der Waals surface area (Å²) >= 11 is 3.22. The van der Waals surface area contributed by atoms with Gasteiger partial charge in [0.25, 0.3) is 5.69 Å². The number of hydrogen-bond donors (Lipinski definition) is 0. The molecule has 0 fully saturated rings. The number of benzene rings is 1. The minimum absolute atomic E-state index is 0.00467. The van der Waals surface area contributed by atoms with Gasteiger partial charge in [0, 0.05) is 10.9 Å². The van der Waals surface area contributed by atoms with Crippen LogP contribution < -0.4 is 0 Å². The number of alkyl halides is 4. The van der Waals surface area contributed by atoms with E-state index in [-0.39, 0.29) is 4.83 Å². The highest BCUT2D eigenvalue weighted by Crippen LogP contribution is 2.36. The monoisotopic (exact) mass is 311 g/mol. The topological polar surface area (TPSA) is 43.1 Å². The third kappa shape index (κ3) is 3.69. The summed E-state index contributed by atoms with van der Waals surface area (Å²) in [6, 6.07) is 3.06. The van der Waals surface area contributed by atoms with Gasteiger partial charge in [-0.1, -0.05) is 28.9 Å². The summed E-state index contributed by atoms with van der Waals surface area (Å²) in [5.74, 6) is 0. The smallest absolute Gasteiger partial charge is 0.258 e. The average molecular weight is 312 g/mol. The Hall–Kier alpha value is -1.11. The Kier molecular flexibility index (Phi) is 4.13. The van der Waals surface area contributed by atoms with Crippen molar-refractivity contribution in [1.82, 2.24) is 0 Å². The highest BCUT2D eigenvalue weighted by Gasteiger charge is 2.38. The number of nitro benzene ring substituents is 1. The second-order valence-corrected chi connectivity index (χ2v) is 5.15. The van der Waals surface area contributed by atoms with E-state index in [4.69, 9.17) is 0 Å². The van der Waals surface area contributed by atoms with Gasteiger partial charge in [0.05, 0.1) is 4.92 Å². The predicted molar refractivity (Wildman–Crippen MR) is 60.2 cm³/mol. The molecule has 1 atom stereocenters. The maximum absolute atomic E-state index is 12.6. The van der Waals surface area contributed by atoms with Crippen LogP contribution in [0.2, 0.25) is 0 Å². The molecule has 1 aromatic rings. The zero-order chi connectivity index (χ0) is 13.2. The van der Waals surface area contributed by atoms with E-state index in [0.29, 0.717) is 12.0 Å². The molecule has 0 amide bonds. The summed E-state index contributed by atoms with van der Waals surface area (Å²) in [6.45, 7) is 1.79. The first-order valence-electron chi connectivity index (χ1n) is 4.70. The summed E-state index contributed by atoms with van der Waals surface area (Å²) in [4.78, 5) is 9.48. The van der Waals surface area contributed by atoms with Gasteiger partial charge in [-0.25, -0.2) is 0 Å². The summed E-state index contributed by atoms with van der Waals surface area (Å²) in [7, 11) is 0. The van der Waals surface area contributed by atoms with Crippen LogP contribution in [-0.2, 0) is 12.6 Å². The molecule has 0 saturated heterocycles. The lowest BCUT2D eigenvalue weighted by atomic mass is 10.0. The number of hydrogen-bond acceptors (Lipinski definition) is 2. The van der Waals surface area contributed by atoms with Crippen LogP contribution in [0.5, 0.6) is 0 Å². The second kappa shape index (κ2) is 5.03. The molecule has 1 unspecified atom stereocenters. The first-order valence-corrected chi connectivity index (χ1v) is 5.62. The van der Waals surface area contributed by atoms with Crippen molar-refractivity contribution in [3.05, 3.63) is 39.4 Å². The summed E-state index contributed by atoms with van der Waals surface area (Å²) < 4.78 is 37.8. The van der Waals surface area contributed by atoms with Gasteiger partial charge in [-0.3, -0.25) is 10.1 Å². The van der Waals surface area contributed by atoms with Gasteiger partial charge < -0.3 is 0 Å². The molecular weight excluding hydrogens is 303 g/mol. The first kappa shape index (κ1) is 14.0. The molecule has 3 nitrogen and oxygen atoms in total. The highest BCUT2D eigenvalue weighted by atomic mass is 79.9. The quantitative estimate of drug-likeness (QED) is 0.482. The Labute approximate surface area is 104 Å². The lowest BCUT2D eigenvalue weighted by Crippen LogP contribution is -2.10. The van der Waals surface area contributed by atoms with Crippen molar-refractivity contribution >= 4 is 21.6 Å². The van der Waals surface area contributed by atoms with E-state index in [1.807, 2.05) is 0 Å². The first-order chi connectivity index (χ1) is 7.71. The molecule has 0 N–H and O–H groups in total. The minimum Gasteiger partial charge on any atom is -0.258 e. The molecule has 7 heteroatoms. The summed E-state index contributed by atoms with van der Waals surface area (Å²) in [6.07, 6.45) is -4.34. The van der Waals surface area contributed by atoms with E-state index >= 15 is 0 Å². The lowest BCUT2D eigenvalue weighted by Gasteiger charge is -2.10. The van der Waals surface area contributed by atoms with Crippen molar-refractivity contribution in [2.24, 2.45) is 0 Å². The van der Waals surface area contributed by atoms with E-state index < -0.39 is 22.4 Å². The van der Waals surface area contributed by atoms with E-state index in [9.17, 15) is 23.3 Å². The SMILES string of the molecule is CC(Br)Cc1ccc([N+](=O)[O-])c(C(F)(F)F)c1. The van der Waals surface area contributed by atoms with Gasteiger partial charge in [-0.2, -0.15) is 13.2 Å². The molecule has 0 heterocycles. The van der Waals surface area contributed by atoms with Crippen molar-refractivity contribution in [3.8, 4) is 0 Å². The molecule has 0 aliphatic heterocycles. The maximum Gasteiger partial charge on any atom is 0.423 e. The Balaban J connectivity index is 3.25. The molecule has 0 radical (unpaired) electrons. The van der Waals surface area contributed by atoms with Crippen molar-refractivity contribution in [3.63, 3.8) is 0 Å². The van der Waals surface area contributed by atoms with Crippen LogP contribution >= 0.6 is 15.9 Å². The Morgan fingerprint density at radius 3 is 2.47 bits per heavy atom. The third-order valence-corrected chi connectivity index (χ3v) is 2.40. The predicted octanol–water partition coefficient (Wildman–Crippen LogP) is 3.94. The molecule has 0 saturated carbocycles. The zero-order valence-corrected chi connectivity index (χ0v) is 10.4. The summed E-state index contributed by atoms with van der Waals surface area (Å²) in [5, 5.41) is 10.5. The number of nitrogens with zero attached hydrogens (tertiary/aromatic N) is 1. The second-order valence-electron chi connectivity index (χ2n) is 3.59. The molecule has 17 heavy (non-hydrogen) atoms. The molecule has 1 aromatic carbocycles. The van der Waals surface area contributed by atoms with Crippen LogP contribution in [0.25, 0.3) is 0 Å². The van der Waals surface area contributed by atoms with Crippen LogP contribution in [0.3, 0.4) is 0 Å². The van der Waals surface area contributed by atoms with Gasteiger partial charge in [0.15, 0.2) is 0 Å². The van der Waals surface area contributed by atoms with Crippen LogP contribution in [-0.4, -0.2) is 9.75 Å². The zero-order valence-electron chi connectivity index (χ0n) is 8.79. The molecule has 1 rings (SSSR count). The lowest BCUT2D eigenvalue weighted by molar-refractivity contribution is -0.388. The fourth-order valence-electron chi connectivity index (χ4n) is 1.42. The van der Waals surface area contributed by atoms with Gasteiger partial charge in [-0.05, 0) is 18.1 Å².